The van der Waals surface area contributed by atoms with Gasteiger partial charge >= 0.3 is 0 Å². The highest BCUT2D eigenvalue weighted by Crippen LogP contribution is 2.30. The second-order valence-corrected chi connectivity index (χ2v) is 8.54. The fourth-order valence-electron chi connectivity index (χ4n) is 4.27. The van der Waals surface area contributed by atoms with E-state index in [2.05, 4.69) is 33.0 Å². The Morgan fingerprint density at radius 2 is 1.96 bits per heavy atom. The highest BCUT2D eigenvalue weighted by atomic mass is 79.9. The van der Waals surface area contributed by atoms with E-state index in [1.807, 2.05) is 6.07 Å². The number of benzene rings is 1. The van der Waals surface area contributed by atoms with E-state index in [0.717, 1.165) is 24.0 Å². The smallest absolute Gasteiger partial charge is 0.119 e. The van der Waals surface area contributed by atoms with E-state index in [9.17, 15) is 0 Å². The Kier molecular flexibility index (Phi) is 6.59. The number of rotatable bonds is 6. The molecule has 1 aromatic rings. The lowest BCUT2D eigenvalue weighted by molar-refractivity contribution is 0.250. The summed E-state index contributed by atoms with van der Waals surface area (Å²) in [6, 6.07) is 6.77. The largest absolute Gasteiger partial charge is 0.497 e. The summed E-state index contributed by atoms with van der Waals surface area (Å²) in [6.45, 7) is 3.78. The Bertz CT molecular complexity index is 528. The molecule has 2 aliphatic rings. The van der Waals surface area contributed by atoms with E-state index in [1.165, 1.54) is 68.2 Å². The maximum atomic E-state index is 6.02. The molecule has 1 aromatic carbocycles. The molecule has 134 valence electrons. The number of nitrogens with zero attached hydrogens (tertiary/aromatic N) is 1. The molecule has 4 heteroatoms. The second kappa shape index (κ2) is 8.68. The Morgan fingerprint density at radius 1 is 1.17 bits per heavy atom. The molecule has 1 saturated carbocycles. The van der Waals surface area contributed by atoms with Gasteiger partial charge in [-0.1, -0.05) is 15.9 Å². The van der Waals surface area contributed by atoms with E-state index in [-0.39, 0.29) is 0 Å². The SMILES string of the molecule is COc1ccc(Br)c(CC2CCN(CC[C@H]3CC[C@@H](N)CC3)C2)c1. The Hall–Kier alpha value is -0.580. The van der Waals surface area contributed by atoms with Gasteiger partial charge in [0.15, 0.2) is 0 Å². The maximum absolute atomic E-state index is 6.02. The number of methoxy groups -OCH3 is 1. The first-order chi connectivity index (χ1) is 11.6. The molecule has 2 N–H and O–H groups in total. The van der Waals surface area contributed by atoms with Gasteiger partial charge < -0.3 is 15.4 Å². The number of hydrogen-bond acceptors (Lipinski definition) is 3. The van der Waals surface area contributed by atoms with Crippen molar-refractivity contribution < 1.29 is 4.74 Å². The van der Waals surface area contributed by atoms with Crippen LogP contribution in [-0.2, 0) is 6.42 Å². The summed E-state index contributed by atoms with van der Waals surface area (Å²) in [4.78, 5) is 2.67. The molecule has 2 fully saturated rings. The van der Waals surface area contributed by atoms with Crippen LogP contribution in [0.25, 0.3) is 0 Å². The predicted molar refractivity (Wildman–Crippen MR) is 103 cm³/mol. The first-order valence-electron chi connectivity index (χ1n) is 9.44. The van der Waals surface area contributed by atoms with Gasteiger partial charge in [-0.3, -0.25) is 0 Å². The van der Waals surface area contributed by atoms with Crippen molar-refractivity contribution in [2.24, 2.45) is 17.6 Å². The van der Waals surface area contributed by atoms with E-state index in [4.69, 9.17) is 10.5 Å². The van der Waals surface area contributed by atoms with E-state index in [0.29, 0.717) is 6.04 Å². The molecule has 1 unspecified atom stereocenters. The first-order valence-corrected chi connectivity index (χ1v) is 10.2. The maximum Gasteiger partial charge on any atom is 0.119 e. The number of ether oxygens (including phenoxy) is 1. The van der Waals surface area contributed by atoms with Crippen molar-refractivity contribution in [2.75, 3.05) is 26.7 Å². The summed E-state index contributed by atoms with van der Waals surface area (Å²) in [7, 11) is 1.74. The van der Waals surface area contributed by atoms with Crippen molar-refractivity contribution in [3.05, 3.63) is 28.2 Å². The number of nitrogens with two attached hydrogens (primary N) is 1. The van der Waals surface area contributed by atoms with Gasteiger partial charge in [-0.25, -0.2) is 0 Å². The average Bonchev–Trinajstić information content (AvgIpc) is 3.04. The van der Waals surface area contributed by atoms with Crippen molar-refractivity contribution in [3.63, 3.8) is 0 Å². The van der Waals surface area contributed by atoms with Crippen molar-refractivity contribution in [1.29, 1.82) is 0 Å². The van der Waals surface area contributed by atoms with E-state index >= 15 is 0 Å². The third kappa shape index (κ3) is 4.96. The molecule has 1 saturated heterocycles. The minimum Gasteiger partial charge on any atom is -0.497 e. The number of hydrogen-bond donors (Lipinski definition) is 1. The lowest BCUT2D eigenvalue weighted by atomic mass is 9.84. The third-order valence-electron chi connectivity index (χ3n) is 5.88. The summed E-state index contributed by atoms with van der Waals surface area (Å²) in [5, 5.41) is 0. The average molecular weight is 395 g/mol. The van der Waals surface area contributed by atoms with Crippen molar-refractivity contribution in [3.8, 4) is 5.75 Å². The van der Waals surface area contributed by atoms with E-state index in [1.54, 1.807) is 7.11 Å². The Balaban J connectivity index is 1.44. The zero-order valence-corrected chi connectivity index (χ0v) is 16.4. The van der Waals surface area contributed by atoms with Gasteiger partial charge in [0.2, 0.25) is 0 Å². The van der Waals surface area contributed by atoms with Crippen molar-refractivity contribution in [2.45, 2.75) is 51.0 Å². The van der Waals surface area contributed by atoms with Gasteiger partial charge in [0, 0.05) is 17.1 Å². The van der Waals surface area contributed by atoms with E-state index < -0.39 is 0 Å². The zero-order chi connectivity index (χ0) is 16.9. The summed E-state index contributed by atoms with van der Waals surface area (Å²) >= 11 is 3.69. The molecule has 0 spiro atoms. The predicted octanol–water partition coefficient (Wildman–Crippen LogP) is 4.23. The van der Waals surface area contributed by atoms with Crippen molar-refractivity contribution in [1.82, 2.24) is 4.90 Å². The highest BCUT2D eigenvalue weighted by Gasteiger charge is 2.25. The number of halogens is 1. The van der Waals surface area contributed by atoms with Crippen molar-refractivity contribution >= 4 is 15.9 Å². The lowest BCUT2D eigenvalue weighted by Gasteiger charge is -2.27. The molecule has 0 aromatic heterocycles. The second-order valence-electron chi connectivity index (χ2n) is 7.69. The zero-order valence-electron chi connectivity index (χ0n) is 14.8. The van der Waals surface area contributed by atoms with Crippen LogP contribution in [0.2, 0.25) is 0 Å². The highest BCUT2D eigenvalue weighted by molar-refractivity contribution is 9.10. The molecule has 0 amide bonds. The molecule has 3 nitrogen and oxygen atoms in total. The van der Waals surface area contributed by atoms with Crippen LogP contribution in [0.15, 0.2) is 22.7 Å². The van der Waals surface area contributed by atoms with Gasteiger partial charge in [0.1, 0.15) is 5.75 Å². The fourth-order valence-corrected chi connectivity index (χ4v) is 4.68. The molecule has 0 bridgehead atoms. The molecular weight excluding hydrogens is 364 g/mol. The minimum atomic E-state index is 0.471. The van der Waals surface area contributed by atoms with Crippen LogP contribution in [0.4, 0.5) is 0 Å². The summed E-state index contributed by atoms with van der Waals surface area (Å²) < 4.78 is 6.58. The topological polar surface area (TPSA) is 38.5 Å². The van der Waals surface area contributed by atoms with Crippen LogP contribution in [0.3, 0.4) is 0 Å². The molecule has 24 heavy (non-hydrogen) atoms. The molecule has 3 rings (SSSR count). The summed E-state index contributed by atoms with van der Waals surface area (Å²) in [5.41, 5.74) is 7.39. The van der Waals surface area contributed by atoms with Crippen LogP contribution in [0.1, 0.15) is 44.1 Å². The normalized spacial score (nSPS) is 28.2. The first kappa shape index (κ1) is 18.2. The quantitative estimate of drug-likeness (QED) is 0.784. The van der Waals surface area contributed by atoms with Crippen LogP contribution in [0, 0.1) is 11.8 Å². The van der Waals surface area contributed by atoms with Gasteiger partial charge in [-0.15, -0.1) is 0 Å². The van der Waals surface area contributed by atoms with Crippen LogP contribution in [0.5, 0.6) is 5.75 Å². The van der Waals surface area contributed by atoms with Gasteiger partial charge in [0.05, 0.1) is 7.11 Å². The minimum absolute atomic E-state index is 0.471. The monoisotopic (exact) mass is 394 g/mol. The Labute approximate surface area is 155 Å². The molecular formula is C20H31BrN2O. The fraction of sp³-hybridized carbons (Fsp3) is 0.700. The molecule has 0 radical (unpaired) electrons. The molecule has 1 aliphatic heterocycles. The van der Waals surface area contributed by atoms with Crippen LogP contribution in [-0.4, -0.2) is 37.7 Å². The lowest BCUT2D eigenvalue weighted by Crippen LogP contribution is -2.29. The standard InChI is InChI=1S/C20H31BrN2O/c1-24-19-6-7-20(21)17(13-19)12-16-9-11-23(14-16)10-8-15-2-4-18(22)5-3-15/h6-7,13,15-16,18H,2-5,8-12,14,22H2,1H3/t15-,16?,18+. The van der Waals surface area contributed by atoms with Crippen LogP contribution < -0.4 is 10.5 Å². The van der Waals surface area contributed by atoms with Crippen LogP contribution >= 0.6 is 15.9 Å². The molecule has 1 heterocycles. The third-order valence-corrected chi connectivity index (χ3v) is 6.65. The van der Waals surface area contributed by atoms with Gasteiger partial charge in [-0.2, -0.15) is 0 Å². The van der Waals surface area contributed by atoms with Gasteiger partial charge in [-0.05, 0) is 93.6 Å². The molecule has 1 atom stereocenters. The summed E-state index contributed by atoms with van der Waals surface area (Å²) in [5.74, 6) is 2.64. The Morgan fingerprint density at radius 3 is 2.71 bits per heavy atom. The van der Waals surface area contributed by atoms with Gasteiger partial charge in [0.25, 0.3) is 0 Å². The number of likely N-dealkylation sites (tertiary alicyclic amines) is 1. The summed E-state index contributed by atoms with van der Waals surface area (Å²) in [6.07, 6.45) is 8.98. The molecule has 1 aliphatic carbocycles.